The molecule has 0 fully saturated rings. The van der Waals surface area contributed by atoms with Gasteiger partial charge in [-0.05, 0) is 31.6 Å². The Hall–Kier alpha value is -1.01. The molecule has 20 heavy (non-hydrogen) atoms. The second kappa shape index (κ2) is 10.7. The topological polar surface area (TPSA) is 83.8 Å². The molecule has 6 heteroatoms. The Labute approximate surface area is 125 Å². The van der Waals surface area contributed by atoms with Crippen LogP contribution in [-0.2, 0) is 5.75 Å². The SMILES string of the molecule is CCCSCc1cc(=O)[nH]c(NCCCCCCN)n1. The third-order valence-electron chi connectivity index (χ3n) is 2.82. The number of unbranched alkanes of at least 4 members (excludes halogenated alkanes) is 3. The van der Waals surface area contributed by atoms with Crippen LogP contribution >= 0.6 is 11.8 Å². The van der Waals surface area contributed by atoms with Gasteiger partial charge in [-0.25, -0.2) is 4.98 Å². The standard InChI is InChI=1S/C14H26N4OS/c1-2-9-20-11-12-10-13(19)18-14(17-12)16-8-6-4-3-5-7-15/h10H,2-9,11,15H2,1H3,(H2,16,17,18,19). The van der Waals surface area contributed by atoms with Crippen LogP contribution in [0.1, 0.15) is 44.7 Å². The number of hydrogen-bond donors (Lipinski definition) is 3. The molecule has 0 saturated heterocycles. The molecule has 0 unspecified atom stereocenters. The predicted molar refractivity (Wildman–Crippen MR) is 87.3 cm³/mol. The molecular formula is C14H26N4OS. The Balaban J connectivity index is 2.35. The number of nitrogens with one attached hydrogen (secondary N) is 2. The van der Waals surface area contributed by atoms with Crippen LogP contribution in [0.15, 0.2) is 10.9 Å². The van der Waals surface area contributed by atoms with Crippen LogP contribution in [-0.4, -0.2) is 28.8 Å². The van der Waals surface area contributed by atoms with E-state index < -0.39 is 0 Å². The Morgan fingerprint density at radius 2 is 2.15 bits per heavy atom. The fourth-order valence-corrected chi connectivity index (χ4v) is 2.61. The summed E-state index contributed by atoms with van der Waals surface area (Å²) in [6.07, 6.45) is 5.61. The highest BCUT2D eigenvalue weighted by Crippen LogP contribution is 2.10. The second-order valence-electron chi connectivity index (χ2n) is 4.77. The van der Waals surface area contributed by atoms with E-state index in [1.165, 1.54) is 0 Å². The number of nitrogens with two attached hydrogens (primary N) is 1. The smallest absolute Gasteiger partial charge is 0.252 e. The number of thioether (sulfide) groups is 1. The average Bonchev–Trinajstić information content (AvgIpc) is 2.42. The van der Waals surface area contributed by atoms with Gasteiger partial charge in [0.15, 0.2) is 0 Å². The zero-order valence-electron chi connectivity index (χ0n) is 12.3. The van der Waals surface area contributed by atoms with Crippen molar-refractivity contribution in [3.05, 3.63) is 22.1 Å². The first-order valence-corrected chi connectivity index (χ1v) is 8.53. The minimum absolute atomic E-state index is 0.0854. The minimum atomic E-state index is -0.0854. The molecule has 0 bridgehead atoms. The third-order valence-corrected chi connectivity index (χ3v) is 4.01. The first kappa shape index (κ1) is 17.0. The van der Waals surface area contributed by atoms with Gasteiger partial charge < -0.3 is 11.1 Å². The van der Waals surface area contributed by atoms with Crippen molar-refractivity contribution in [2.45, 2.75) is 44.8 Å². The van der Waals surface area contributed by atoms with Crippen molar-refractivity contribution in [2.75, 3.05) is 24.2 Å². The molecule has 0 amide bonds. The van der Waals surface area contributed by atoms with Crippen molar-refractivity contribution in [3.63, 3.8) is 0 Å². The van der Waals surface area contributed by atoms with Crippen LogP contribution in [0.4, 0.5) is 5.95 Å². The average molecular weight is 298 g/mol. The van der Waals surface area contributed by atoms with Gasteiger partial charge in [0.2, 0.25) is 5.95 Å². The summed E-state index contributed by atoms with van der Waals surface area (Å²) in [6.45, 7) is 3.74. The summed E-state index contributed by atoms with van der Waals surface area (Å²) in [4.78, 5) is 18.7. The normalized spacial score (nSPS) is 10.7. The molecular weight excluding hydrogens is 272 g/mol. The molecule has 0 atom stereocenters. The highest BCUT2D eigenvalue weighted by molar-refractivity contribution is 7.98. The van der Waals surface area contributed by atoms with Gasteiger partial charge in [-0.3, -0.25) is 9.78 Å². The molecule has 1 heterocycles. The van der Waals surface area contributed by atoms with E-state index in [1.54, 1.807) is 17.8 Å². The molecule has 0 aliphatic rings. The highest BCUT2D eigenvalue weighted by atomic mass is 32.2. The summed E-state index contributed by atoms with van der Waals surface area (Å²) in [5.74, 6) is 2.48. The van der Waals surface area contributed by atoms with Crippen LogP contribution in [0.25, 0.3) is 0 Å². The highest BCUT2D eigenvalue weighted by Gasteiger charge is 2.01. The summed E-state index contributed by atoms with van der Waals surface area (Å²) in [7, 11) is 0. The Kier molecular flexibility index (Phi) is 9.15. The number of aromatic nitrogens is 2. The molecule has 0 aromatic carbocycles. The van der Waals surface area contributed by atoms with Gasteiger partial charge in [0.25, 0.3) is 5.56 Å². The lowest BCUT2D eigenvalue weighted by molar-refractivity contribution is 0.660. The maximum Gasteiger partial charge on any atom is 0.252 e. The monoisotopic (exact) mass is 298 g/mol. The number of H-pyrrole nitrogens is 1. The van der Waals surface area contributed by atoms with Gasteiger partial charge in [-0.2, -0.15) is 11.8 Å². The van der Waals surface area contributed by atoms with Crippen molar-refractivity contribution < 1.29 is 0 Å². The van der Waals surface area contributed by atoms with Gasteiger partial charge in [0.1, 0.15) is 0 Å². The Morgan fingerprint density at radius 3 is 2.90 bits per heavy atom. The zero-order chi connectivity index (χ0) is 14.6. The first-order chi connectivity index (χ1) is 9.76. The number of aromatic amines is 1. The fraction of sp³-hybridized carbons (Fsp3) is 0.714. The lowest BCUT2D eigenvalue weighted by Crippen LogP contribution is -2.14. The maximum atomic E-state index is 11.6. The molecule has 1 aromatic rings. The fourth-order valence-electron chi connectivity index (χ4n) is 1.82. The molecule has 0 aliphatic carbocycles. The van der Waals surface area contributed by atoms with Gasteiger partial charge >= 0.3 is 0 Å². The Morgan fingerprint density at radius 1 is 1.35 bits per heavy atom. The number of rotatable bonds is 11. The van der Waals surface area contributed by atoms with Gasteiger partial charge in [-0.1, -0.05) is 19.8 Å². The van der Waals surface area contributed by atoms with Crippen LogP contribution in [0.5, 0.6) is 0 Å². The summed E-state index contributed by atoms with van der Waals surface area (Å²) >= 11 is 1.81. The van der Waals surface area contributed by atoms with Gasteiger partial charge in [-0.15, -0.1) is 0 Å². The lowest BCUT2D eigenvalue weighted by atomic mass is 10.2. The maximum absolute atomic E-state index is 11.6. The van der Waals surface area contributed by atoms with E-state index in [4.69, 9.17) is 5.73 Å². The van der Waals surface area contributed by atoms with Crippen molar-refractivity contribution in [1.29, 1.82) is 0 Å². The quantitative estimate of drug-likeness (QED) is 0.546. The van der Waals surface area contributed by atoms with Crippen molar-refractivity contribution in [3.8, 4) is 0 Å². The van der Waals surface area contributed by atoms with Crippen molar-refractivity contribution >= 4 is 17.7 Å². The van der Waals surface area contributed by atoms with Crippen LogP contribution in [0, 0.1) is 0 Å². The van der Waals surface area contributed by atoms with Crippen LogP contribution in [0.3, 0.4) is 0 Å². The molecule has 0 aliphatic heterocycles. The van der Waals surface area contributed by atoms with Gasteiger partial charge in [0, 0.05) is 18.4 Å². The van der Waals surface area contributed by atoms with E-state index in [-0.39, 0.29) is 5.56 Å². The van der Waals surface area contributed by atoms with Crippen molar-refractivity contribution in [1.82, 2.24) is 9.97 Å². The Bertz CT molecular complexity index is 422. The van der Waals surface area contributed by atoms with Crippen molar-refractivity contribution in [2.24, 2.45) is 5.73 Å². The van der Waals surface area contributed by atoms with E-state index >= 15 is 0 Å². The number of anilines is 1. The molecule has 114 valence electrons. The van der Waals surface area contributed by atoms with E-state index in [0.29, 0.717) is 5.95 Å². The van der Waals surface area contributed by atoms with Gasteiger partial charge in [0.05, 0.1) is 5.69 Å². The summed E-state index contributed by atoms with van der Waals surface area (Å²) in [6, 6.07) is 1.58. The predicted octanol–water partition coefficient (Wildman–Crippen LogP) is 2.34. The first-order valence-electron chi connectivity index (χ1n) is 7.38. The molecule has 4 N–H and O–H groups in total. The third kappa shape index (κ3) is 7.55. The largest absolute Gasteiger partial charge is 0.356 e. The number of hydrogen-bond acceptors (Lipinski definition) is 5. The molecule has 0 spiro atoms. The van der Waals surface area contributed by atoms with E-state index in [0.717, 1.165) is 62.4 Å². The lowest BCUT2D eigenvalue weighted by Gasteiger charge is -2.07. The van der Waals surface area contributed by atoms with E-state index in [1.807, 2.05) is 0 Å². The molecule has 0 saturated carbocycles. The molecule has 1 aromatic heterocycles. The van der Waals surface area contributed by atoms with E-state index in [9.17, 15) is 4.79 Å². The van der Waals surface area contributed by atoms with Crippen LogP contribution in [0.2, 0.25) is 0 Å². The zero-order valence-corrected chi connectivity index (χ0v) is 13.1. The molecule has 0 radical (unpaired) electrons. The van der Waals surface area contributed by atoms with E-state index in [2.05, 4.69) is 22.2 Å². The molecule has 5 nitrogen and oxygen atoms in total. The summed E-state index contributed by atoms with van der Waals surface area (Å²) < 4.78 is 0. The second-order valence-corrected chi connectivity index (χ2v) is 5.87. The van der Waals surface area contributed by atoms with Crippen LogP contribution < -0.4 is 16.6 Å². The summed E-state index contributed by atoms with van der Waals surface area (Å²) in [5, 5.41) is 3.19. The summed E-state index contributed by atoms with van der Waals surface area (Å²) in [5.41, 5.74) is 6.21. The molecule has 1 rings (SSSR count). The number of nitrogens with zero attached hydrogens (tertiary/aromatic N) is 1. The minimum Gasteiger partial charge on any atom is -0.356 e.